The van der Waals surface area contributed by atoms with E-state index in [1.165, 1.54) is 18.6 Å². The highest BCUT2D eigenvalue weighted by molar-refractivity contribution is 7.70. The second kappa shape index (κ2) is 7.66. The summed E-state index contributed by atoms with van der Waals surface area (Å²) < 4.78 is 26.5. The van der Waals surface area contributed by atoms with Gasteiger partial charge in [-0.25, -0.2) is 4.39 Å². The highest BCUT2D eigenvalue weighted by Gasteiger charge is 2.33. The number of halogens is 1. The standard InChI is InChI=1S/C22H29FNOP/c1-16-9-10-17(2)24(15-16)22(18-11-13-19(23)14-12-18)20-7-5-6-8-21(20)26(3,4)25/h5-8,11-14,16-17,22H,9-10,15H2,1-4H3/t16-,17-,22?/m1/s1. The Bertz CT molecular complexity index is 798. The first-order valence-corrected chi connectivity index (χ1v) is 12.0. The largest absolute Gasteiger partial charge is 0.319 e. The molecule has 4 heteroatoms. The van der Waals surface area contributed by atoms with Crippen LogP contribution < -0.4 is 5.30 Å². The molecule has 3 atom stereocenters. The minimum atomic E-state index is -2.43. The maximum Gasteiger partial charge on any atom is 0.123 e. The van der Waals surface area contributed by atoms with Crippen LogP contribution in [-0.2, 0) is 4.57 Å². The van der Waals surface area contributed by atoms with Gasteiger partial charge in [0.15, 0.2) is 0 Å². The van der Waals surface area contributed by atoms with Crippen molar-refractivity contribution in [1.82, 2.24) is 4.90 Å². The van der Waals surface area contributed by atoms with Crippen LogP contribution in [0.1, 0.15) is 43.9 Å². The van der Waals surface area contributed by atoms with Crippen LogP contribution in [0.5, 0.6) is 0 Å². The van der Waals surface area contributed by atoms with Crippen molar-refractivity contribution < 1.29 is 8.96 Å². The first-order chi connectivity index (χ1) is 12.3. The Hall–Kier alpha value is -1.44. The monoisotopic (exact) mass is 373 g/mol. The summed E-state index contributed by atoms with van der Waals surface area (Å²) in [5.41, 5.74) is 2.15. The van der Waals surface area contributed by atoms with Gasteiger partial charge in [-0.15, -0.1) is 0 Å². The quantitative estimate of drug-likeness (QED) is 0.679. The highest BCUT2D eigenvalue weighted by atomic mass is 31.2. The van der Waals surface area contributed by atoms with Gasteiger partial charge in [0.05, 0.1) is 6.04 Å². The van der Waals surface area contributed by atoms with E-state index in [0.717, 1.165) is 29.4 Å². The maximum absolute atomic E-state index is 13.5. The van der Waals surface area contributed by atoms with E-state index in [1.54, 1.807) is 0 Å². The van der Waals surface area contributed by atoms with Crippen LogP contribution in [0.4, 0.5) is 4.39 Å². The Morgan fingerprint density at radius 1 is 1.04 bits per heavy atom. The average molecular weight is 373 g/mol. The number of piperidine rings is 1. The normalized spacial score (nSPS) is 23.0. The number of hydrogen-bond acceptors (Lipinski definition) is 2. The molecule has 1 heterocycles. The molecule has 3 rings (SSSR count). The van der Waals surface area contributed by atoms with E-state index in [2.05, 4.69) is 24.8 Å². The Kier molecular flexibility index (Phi) is 5.69. The third-order valence-electron chi connectivity index (χ3n) is 5.49. The minimum absolute atomic E-state index is 0.00206. The predicted molar refractivity (Wildman–Crippen MR) is 108 cm³/mol. The topological polar surface area (TPSA) is 20.3 Å². The lowest BCUT2D eigenvalue weighted by Crippen LogP contribution is -2.44. The van der Waals surface area contributed by atoms with Crippen LogP contribution in [0.15, 0.2) is 48.5 Å². The lowest BCUT2D eigenvalue weighted by molar-refractivity contribution is 0.0937. The molecule has 0 spiro atoms. The molecule has 1 aliphatic heterocycles. The van der Waals surface area contributed by atoms with Crippen LogP contribution in [0.3, 0.4) is 0 Å². The molecular weight excluding hydrogens is 344 g/mol. The first kappa shape index (κ1) is 19.3. The molecule has 1 unspecified atom stereocenters. The Morgan fingerprint density at radius 2 is 1.69 bits per heavy atom. The van der Waals surface area contributed by atoms with Crippen molar-refractivity contribution in [2.24, 2.45) is 5.92 Å². The molecule has 26 heavy (non-hydrogen) atoms. The molecule has 2 nitrogen and oxygen atoms in total. The van der Waals surface area contributed by atoms with Gasteiger partial charge in [0, 0.05) is 17.9 Å². The van der Waals surface area contributed by atoms with Crippen molar-refractivity contribution in [3.8, 4) is 0 Å². The van der Waals surface area contributed by atoms with Crippen LogP contribution >= 0.6 is 7.14 Å². The zero-order valence-electron chi connectivity index (χ0n) is 16.2. The molecule has 0 aromatic heterocycles. The van der Waals surface area contributed by atoms with Crippen molar-refractivity contribution in [2.45, 2.75) is 38.8 Å². The average Bonchev–Trinajstić information content (AvgIpc) is 2.59. The molecule has 1 saturated heterocycles. The Morgan fingerprint density at radius 3 is 2.35 bits per heavy atom. The van der Waals surface area contributed by atoms with Crippen molar-refractivity contribution in [3.63, 3.8) is 0 Å². The van der Waals surface area contributed by atoms with Crippen LogP contribution in [-0.4, -0.2) is 30.8 Å². The molecule has 140 valence electrons. The van der Waals surface area contributed by atoms with Crippen LogP contribution in [0.25, 0.3) is 0 Å². The SMILES string of the molecule is C[C@@H]1CC[C@@H](C)N(C(c2ccc(F)cc2)c2ccccc2P(C)(C)=O)C1. The molecular formula is C22H29FNOP. The summed E-state index contributed by atoms with van der Waals surface area (Å²) in [5.74, 6) is 0.397. The molecule has 0 saturated carbocycles. The summed E-state index contributed by atoms with van der Waals surface area (Å²) in [4.78, 5) is 2.51. The zero-order valence-corrected chi connectivity index (χ0v) is 17.0. The third-order valence-corrected chi connectivity index (χ3v) is 7.06. The van der Waals surface area contributed by atoms with E-state index >= 15 is 0 Å². The van der Waals surface area contributed by atoms with Crippen molar-refractivity contribution in [1.29, 1.82) is 0 Å². The maximum atomic E-state index is 13.5. The summed E-state index contributed by atoms with van der Waals surface area (Å²) in [7, 11) is -2.43. The summed E-state index contributed by atoms with van der Waals surface area (Å²) in [6, 6.07) is 15.3. The molecule has 0 bridgehead atoms. The predicted octanol–water partition coefficient (Wildman–Crippen LogP) is 5.28. The lowest BCUT2D eigenvalue weighted by Gasteiger charge is -2.43. The smallest absolute Gasteiger partial charge is 0.123 e. The van der Waals surface area contributed by atoms with Gasteiger partial charge in [-0.05, 0) is 62.3 Å². The molecule has 0 aliphatic carbocycles. The fraction of sp³-hybridized carbons (Fsp3) is 0.455. The van der Waals surface area contributed by atoms with Gasteiger partial charge in [0.25, 0.3) is 0 Å². The Balaban J connectivity index is 2.16. The summed E-state index contributed by atoms with van der Waals surface area (Å²) in [5, 5.41) is 0.930. The minimum Gasteiger partial charge on any atom is -0.319 e. The van der Waals surface area contributed by atoms with Gasteiger partial charge in [-0.2, -0.15) is 0 Å². The highest BCUT2D eigenvalue weighted by Crippen LogP contribution is 2.42. The summed E-state index contributed by atoms with van der Waals surface area (Å²) >= 11 is 0. The molecule has 0 N–H and O–H groups in total. The van der Waals surface area contributed by atoms with E-state index < -0.39 is 7.14 Å². The molecule has 1 aliphatic rings. The second-order valence-electron chi connectivity index (χ2n) is 8.09. The first-order valence-electron chi connectivity index (χ1n) is 9.43. The molecule has 2 aromatic carbocycles. The van der Waals surface area contributed by atoms with Gasteiger partial charge in [0.1, 0.15) is 13.0 Å². The zero-order chi connectivity index (χ0) is 18.9. The number of hydrogen-bond donors (Lipinski definition) is 0. The molecule has 2 aromatic rings. The van der Waals surface area contributed by atoms with E-state index in [1.807, 2.05) is 43.7 Å². The number of rotatable bonds is 4. The van der Waals surface area contributed by atoms with Gasteiger partial charge in [-0.3, -0.25) is 4.90 Å². The van der Waals surface area contributed by atoms with Gasteiger partial charge in [-0.1, -0.05) is 43.3 Å². The van der Waals surface area contributed by atoms with Crippen molar-refractivity contribution in [3.05, 3.63) is 65.5 Å². The number of benzene rings is 2. The Labute approximate surface area is 156 Å². The van der Waals surface area contributed by atoms with Crippen molar-refractivity contribution >= 4 is 12.4 Å². The van der Waals surface area contributed by atoms with E-state index in [9.17, 15) is 8.96 Å². The van der Waals surface area contributed by atoms with Crippen LogP contribution in [0.2, 0.25) is 0 Å². The second-order valence-corrected chi connectivity index (χ2v) is 11.3. The molecule has 0 amide bonds. The van der Waals surface area contributed by atoms with Gasteiger partial charge < -0.3 is 4.57 Å². The fourth-order valence-electron chi connectivity index (χ4n) is 4.09. The van der Waals surface area contributed by atoms with Gasteiger partial charge >= 0.3 is 0 Å². The van der Waals surface area contributed by atoms with Crippen LogP contribution in [0, 0.1) is 11.7 Å². The van der Waals surface area contributed by atoms with E-state index in [4.69, 9.17) is 0 Å². The molecule has 1 fully saturated rings. The van der Waals surface area contributed by atoms with Crippen molar-refractivity contribution in [2.75, 3.05) is 19.9 Å². The summed E-state index contributed by atoms with van der Waals surface area (Å²) in [6.45, 7) is 9.21. The summed E-state index contributed by atoms with van der Waals surface area (Å²) in [6.07, 6.45) is 2.38. The number of nitrogens with zero attached hydrogens (tertiary/aromatic N) is 1. The van der Waals surface area contributed by atoms with E-state index in [0.29, 0.717) is 12.0 Å². The number of likely N-dealkylation sites (tertiary alicyclic amines) is 1. The third kappa shape index (κ3) is 4.10. The lowest BCUT2D eigenvalue weighted by atomic mass is 9.89. The fourth-order valence-corrected chi connectivity index (χ4v) is 5.35. The van der Waals surface area contributed by atoms with Gasteiger partial charge in [0.2, 0.25) is 0 Å². The molecule has 0 radical (unpaired) electrons. The van der Waals surface area contributed by atoms with E-state index in [-0.39, 0.29) is 11.9 Å².